The lowest BCUT2D eigenvalue weighted by atomic mass is 10.0. The van der Waals surface area contributed by atoms with E-state index in [2.05, 4.69) is 14.6 Å². The minimum absolute atomic E-state index is 0.590. The highest BCUT2D eigenvalue weighted by Crippen LogP contribution is 2.24. The first-order valence-electron chi connectivity index (χ1n) is 6.40. The molecule has 0 saturated carbocycles. The van der Waals surface area contributed by atoms with Crippen molar-refractivity contribution in [2.45, 2.75) is 26.3 Å². The summed E-state index contributed by atoms with van der Waals surface area (Å²) in [7, 11) is 1.94. The number of hydrogen-bond donors (Lipinski definition) is 1. The molecule has 1 aliphatic rings. The van der Waals surface area contributed by atoms with E-state index in [1.165, 1.54) is 0 Å². The molecule has 0 bridgehead atoms. The number of anilines is 1. The molecule has 0 amide bonds. The monoisotopic (exact) mass is 249 g/mol. The van der Waals surface area contributed by atoms with Gasteiger partial charge in [-0.2, -0.15) is 5.10 Å². The number of hydrogen-bond acceptors (Lipinski definition) is 4. The topological polar surface area (TPSA) is 70.9 Å². The molecule has 2 aromatic rings. The highest BCUT2D eigenvalue weighted by atomic mass is 16.5. The number of nitrogen functional groups attached to an aromatic ring is 1. The van der Waals surface area contributed by atoms with Gasteiger partial charge in [0.2, 0.25) is 5.95 Å². The van der Waals surface area contributed by atoms with E-state index in [1.54, 1.807) is 0 Å². The van der Waals surface area contributed by atoms with Crippen LogP contribution in [0.1, 0.15) is 18.5 Å². The summed E-state index contributed by atoms with van der Waals surface area (Å²) in [5.74, 6) is 1.21. The van der Waals surface area contributed by atoms with Gasteiger partial charge in [-0.3, -0.25) is 9.25 Å². The Labute approximate surface area is 106 Å². The van der Waals surface area contributed by atoms with Gasteiger partial charge in [0.25, 0.3) is 0 Å². The van der Waals surface area contributed by atoms with Gasteiger partial charge in [-0.05, 0) is 25.7 Å². The third-order valence-electron chi connectivity index (χ3n) is 3.70. The summed E-state index contributed by atoms with van der Waals surface area (Å²) in [4.78, 5) is 4.43. The summed E-state index contributed by atoms with van der Waals surface area (Å²) in [6.45, 7) is 4.58. The van der Waals surface area contributed by atoms with Crippen molar-refractivity contribution in [2.75, 3.05) is 18.9 Å². The van der Waals surface area contributed by atoms with E-state index in [1.807, 2.05) is 18.7 Å². The minimum Gasteiger partial charge on any atom is -0.381 e. The predicted molar refractivity (Wildman–Crippen MR) is 69.2 cm³/mol. The van der Waals surface area contributed by atoms with Crippen molar-refractivity contribution in [1.29, 1.82) is 0 Å². The fourth-order valence-electron chi connectivity index (χ4n) is 2.72. The average Bonchev–Trinajstić information content (AvgIpc) is 2.81. The summed E-state index contributed by atoms with van der Waals surface area (Å²) >= 11 is 0. The zero-order valence-electron chi connectivity index (χ0n) is 10.9. The van der Waals surface area contributed by atoms with Gasteiger partial charge in [-0.1, -0.05) is 0 Å². The Morgan fingerprint density at radius 2 is 2.11 bits per heavy atom. The van der Waals surface area contributed by atoms with Crippen LogP contribution in [0.15, 0.2) is 0 Å². The Kier molecular flexibility index (Phi) is 2.74. The highest BCUT2D eigenvalue weighted by molar-refractivity contribution is 5.77. The molecule has 1 aliphatic heterocycles. The molecule has 0 radical (unpaired) electrons. The zero-order chi connectivity index (χ0) is 12.7. The second-order valence-electron chi connectivity index (χ2n) is 5.02. The van der Waals surface area contributed by atoms with E-state index in [4.69, 9.17) is 10.5 Å². The van der Waals surface area contributed by atoms with Gasteiger partial charge in [0, 0.05) is 26.8 Å². The molecule has 3 heterocycles. The van der Waals surface area contributed by atoms with Crippen LogP contribution in [0.2, 0.25) is 0 Å². The van der Waals surface area contributed by atoms with Crippen LogP contribution in [0.5, 0.6) is 0 Å². The highest BCUT2D eigenvalue weighted by Gasteiger charge is 2.20. The van der Waals surface area contributed by atoms with Crippen molar-refractivity contribution in [3.63, 3.8) is 0 Å². The van der Waals surface area contributed by atoms with Crippen molar-refractivity contribution in [3.8, 4) is 0 Å². The third kappa shape index (κ3) is 1.77. The van der Waals surface area contributed by atoms with Crippen LogP contribution < -0.4 is 5.73 Å². The molecule has 2 aromatic heterocycles. The van der Waals surface area contributed by atoms with E-state index >= 15 is 0 Å². The molecule has 3 rings (SSSR count). The Morgan fingerprint density at radius 3 is 2.83 bits per heavy atom. The molecule has 98 valence electrons. The number of fused-ring (bicyclic) bond motifs is 1. The summed E-state index contributed by atoms with van der Waals surface area (Å²) in [6, 6.07) is 0. The second kappa shape index (κ2) is 4.28. The van der Waals surface area contributed by atoms with Crippen LogP contribution in [0.25, 0.3) is 11.2 Å². The fraction of sp³-hybridized carbons (Fsp3) is 0.667. The van der Waals surface area contributed by atoms with Crippen molar-refractivity contribution in [1.82, 2.24) is 19.3 Å². The molecule has 6 nitrogen and oxygen atoms in total. The maximum atomic E-state index is 6.03. The number of imidazole rings is 1. The van der Waals surface area contributed by atoms with Crippen molar-refractivity contribution >= 4 is 17.1 Å². The Hall–Kier alpha value is -1.56. The fourth-order valence-corrected chi connectivity index (χ4v) is 2.72. The molecule has 2 N–H and O–H groups in total. The van der Waals surface area contributed by atoms with Gasteiger partial charge in [-0.15, -0.1) is 0 Å². The molecule has 18 heavy (non-hydrogen) atoms. The van der Waals surface area contributed by atoms with Crippen molar-refractivity contribution < 1.29 is 4.74 Å². The van der Waals surface area contributed by atoms with Crippen LogP contribution >= 0.6 is 0 Å². The lowest BCUT2D eigenvalue weighted by Gasteiger charge is -2.22. The summed E-state index contributed by atoms with van der Waals surface area (Å²) in [5, 5.41) is 4.40. The van der Waals surface area contributed by atoms with E-state index in [0.29, 0.717) is 11.9 Å². The molecule has 6 heteroatoms. The molecular weight excluding hydrogens is 230 g/mol. The third-order valence-corrected chi connectivity index (χ3v) is 3.70. The number of aromatic nitrogens is 4. The maximum absolute atomic E-state index is 6.03. The Bertz CT molecular complexity index is 565. The second-order valence-corrected chi connectivity index (χ2v) is 5.02. The first kappa shape index (κ1) is 11.5. The summed E-state index contributed by atoms with van der Waals surface area (Å²) in [5.41, 5.74) is 8.91. The number of nitrogens with two attached hydrogens (primary N) is 1. The molecular formula is C12H19N5O. The number of nitrogens with zero attached hydrogens (tertiary/aromatic N) is 4. The van der Waals surface area contributed by atoms with E-state index in [9.17, 15) is 0 Å². The van der Waals surface area contributed by atoms with Crippen LogP contribution in [0, 0.1) is 12.8 Å². The minimum atomic E-state index is 0.590. The van der Waals surface area contributed by atoms with Gasteiger partial charge >= 0.3 is 0 Å². The lowest BCUT2D eigenvalue weighted by Crippen LogP contribution is -2.21. The Balaban J connectivity index is 1.97. The van der Waals surface area contributed by atoms with E-state index in [0.717, 1.165) is 49.5 Å². The first-order valence-corrected chi connectivity index (χ1v) is 6.40. The van der Waals surface area contributed by atoms with E-state index in [-0.39, 0.29) is 0 Å². The number of aryl methyl sites for hydroxylation is 2. The van der Waals surface area contributed by atoms with Gasteiger partial charge in [0.1, 0.15) is 5.52 Å². The normalized spacial score (nSPS) is 17.7. The number of rotatable bonds is 2. The van der Waals surface area contributed by atoms with Crippen LogP contribution in [-0.4, -0.2) is 32.5 Å². The molecule has 1 saturated heterocycles. The summed E-state index contributed by atoms with van der Waals surface area (Å²) < 4.78 is 9.35. The van der Waals surface area contributed by atoms with Crippen LogP contribution in [-0.2, 0) is 18.3 Å². The molecule has 0 spiro atoms. The first-order chi connectivity index (χ1) is 8.66. The predicted octanol–water partition coefficient (Wildman–Crippen LogP) is 1.09. The zero-order valence-corrected chi connectivity index (χ0v) is 10.9. The average molecular weight is 249 g/mol. The molecule has 0 aliphatic carbocycles. The maximum Gasteiger partial charge on any atom is 0.202 e. The lowest BCUT2D eigenvalue weighted by molar-refractivity contribution is 0.0617. The summed E-state index contributed by atoms with van der Waals surface area (Å²) in [6.07, 6.45) is 2.19. The molecule has 0 unspecified atom stereocenters. The van der Waals surface area contributed by atoms with Gasteiger partial charge in [0.15, 0.2) is 5.65 Å². The number of ether oxygens (including phenoxy) is 1. The van der Waals surface area contributed by atoms with E-state index < -0.39 is 0 Å². The molecule has 1 fully saturated rings. The van der Waals surface area contributed by atoms with Gasteiger partial charge in [0.05, 0.1) is 5.69 Å². The quantitative estimate of drug-likeness (QED) is 0.864. The van der Waals surface area contributed by atoms with Crippen molar-refractivity contribution in [3.05, 3.63) is 5.69 Å². The molecule has 0 atom stereocenters. The largest absolute Gasteiger partial charge is 0.381 e. The smallest absolute Gasteiger partial charge is 0.202 e. The standard InChI is InChI=1S/C12H19N5O/c1-8-10-11(16(2)15-8)17(12(13)14-10)7-9-3-5-18-6-4-9/h9H,3-7H2,1-2H3,(H2,13,14). The van der Waals surface area contributed by atoms with Gasteiger partial charge < -0.3 is 10.5 Å². The van der Waals surface area contributed by atoms with Crippen LogP contribution in [0.3, 0.4) is 0 Å². The Morgan fingerprint density at radius 1 is 1.39 bits per heavy atom. The molecule has 0 aromatic carbocycles. The SMILES string of the molecule is Cc1nn(C)c2c1nc(N)n2CC1CCOCC1. The van der Waals surface area contributed by atoms with Crippen LogP contribution in [0.4, 0.5) is 5.95 Å². The van der Waals surface area contributed by atoms with Crippen molar-refractivity contribution in [2.24, 2.45) is 13.0 Å². The van der Waals surface area contributed by atoms with Gasteiger partial charge in [-0.25, -0.2) is 4.98 Å².